The zero-order valence-electron chi connectivity index (χ0n) is 16.8. The summed E-state index contributed by atoms with van der Waals surface area (Å²) in [5, 5.41) is 10.6. The minimum absolute atomic E-state index is 0.0971. The second kappa shape index (κ2) is 9.00. The van der Waals surface area contributed by atoms with E-state index in [4.69, 9.17) is 18.9 Å². The van der Waals surface area contributed by atoms with Crippen LogP contribution in [0.4, 0.5) is 0 Å². The van der Waals surface area contributed by atoms with Gasteiger partial charge in [-0.05, 0) is 37.1 Å². The number of benzene rings is 1. The van der Waals surface area contributed by atoms with E-state index < -0.39 is 11.9 Å². The summed E-state index contributed by atoms with van der Waals surface area (Å²) in [5.41, 5.74) is 1.09. The van der Waals surface area contributed by atoms with Crippen LogP contribution in [0, 0.1) is 6.92 Å². The average molecular weight is 403 g/mol. The van der Waals surface area contributed by atoms with Gasteiger partial charge in [0.15, 0.2) is 11.5 Å². The Kier molecular flexibility index (Phi) is 6.43. The summed E-state index contributed by atoms with van der Waals surface area (Å²) in [6, 6.07) is 6.75. The highest BCUT2D eigenvalue weighted by molar-refractivity contribution is 5.71. The third kappa shape index (κ3) is 4.37. The van der Waals surface area contributed by atoms with Crippen LogP contribution in [0.2, 0.25) is 0 Å². The van der Waals surface area contributed by atoms with E-state index in [0.717, 1.165) is 0 Å². The normalized spacial score (nSPS) is 13.3. The van der Waals surface area contributed by atoms with E-state index in [1.807, 2.05) is 0 Å². The van der Waals surface area contributed by atoms with Crippen LogP contribution in [0.1, 0.15) is 35.6 Å². The SMILES string of the molecule is COCCCn1c(C)cc(O)c(C(CC(=O)OC)c2ccc3c(c2)OCO3)c1=O. The van der Waals surface area contributed by atoms with Gasteiger partial charge in [0.2, 0.25) is 6.79 Å². The Hall–Kier alpha value is -3.00. The molecule has 8 heteroatoms. The standard InChI is InChI=1S/C21H25NO7/c1-13-9-16(23)20(21(25)22(13)7-4-8-26-2)15(11-19(24)27-3)14-5-6-17-18(10-14)29-12-28-17/h5-6,9-10,15,23H,4,7-8,11-12H2,1-3H3. The zero-order valence-corrected chi connectivity index (χ0v) is 16.8. The van der Waals surface area contributed by atoms with E-state index in [0.29, 0.717) is 42.3 Å². The highest BCUT2D eigenvalue weighted by atomic mass is 16.7. The molecule has 0 fully saturated rings. The number of esters is 1. The van der Waals surface area contributed by atoms with Crippen molar-refractivity contribution >= 4 is 5.97 Å². The van der Waals surface area contributed by atoms with Gasteiger partial charge in [-0.25, -0.2) is 0 Å². The summed E-state index contributed by atoms with van der Waals surface area (Å²) in [5.74, 6) is -0.209. The largest absolute Gasteiger partial charge is 0.507 e. The number of aryl methyl sites for hydroxylation is 1. The second-order valence-corrected chi connectivity index (χ2v) is 6.83. The molecule has 1 atom stereocenters. The van der Waals surface area contributed by atoms with Gasteiger partial charge in [0.25, 0.3) is 5.56 Å². The molecule has 0 saturated heterocycles. The fourth-order valence-electron chi connectivity index (χ4n) is 3.51. The van der Waals surface area contributed by atoms with Crippen molar-refractivity contribution in [2.24, 2.45) is 0 Å². The number of methoxy groups -OCH3 is 2. The van der Waals surface area contributed by atoms with E-state index in [1.54, 1.807) is 42.9 Å². The van der Waals surface area contributed by atoms with Crippen molar-refractivity contribution in [2.75, 3.05) is 27.6 Å². The van der Waals surface area contributed by atoms with Crippen LogP contribution in [-0.4, -0.2) is 43.3 Å². The number of rotatable bonds is 8. The maximum Gasteiger partial charge on any atom is 0.306 e. The van der Waals surface area contributed by atoms with Crippen LogP contribution in [0.15, 0.2) is 29.1 Å². The lowest BCUT2D eigenvalue weighted by Gasteiger charge is -2.20. The van der Waals surface area contributed by atoms with Crippen molar-refractivity contribution in [1.29, 1.82) is 0 Å². The molecular weight excluding hydrogens is 378 g/mol. The lowest BCUT2D eigenvalue weighted by Crippen LogP contribution is -2.29. The summed E-state index contributed by atoms with van der Waals surface area (Å²) < 4.78 is 22.3. The first-order valence-electron chi connectivity index (χ1n) is 9.34. The number of nitrogens with zero attached hydrogens (tertiary/aromatic N) is 1. The summed E-state index contributed by atoms with van der Waals surface area (Å²) in [4.78, 5) is 25.4. The Labute approximate surface area is 168 Å². The fourth-order valence-corrected chi connectivity index (χ4v) is 3.51. The molecule has 0 amide bonds. The number of hydrogen-bond acceptors (Lipinski definition) is 7. The number of hydrogen-bond donors (Lipinski definition) is 1. The van der Waals surface area contributed by atoms with Gasteiger partial charge in [-0.3, -0.25) is 9.59 Å². The number of ether oxygens (including phenoxy) is 4. The van der Waals surface area contributed by atoms with Gasteiger partial charge in [-0.1, -0.05) is 6.07 Å². The molecule has 1 N–H and O–H groups in total. The van der Waals surface area contributed by atoms with Crippen molar-refractivity contribution in [3.63, 3.8) is 0 Å². The van der Waals surface area contributed by atoms with Crippen molar-refractivity contribution in [3.8, 4) is 17.2 Å². The first kappa shape index (κ1) is 20.7. The summed E-state index contributed by atoms with van der Waals surface area (Å²) in [7, 11) is 2.89. The molecule has 1 aliphatic heterocycles. The summed E-state index contributed by atoms with van der Waals surface area (Å²) >= 11 is 0. The lowest BCUT2D eigenvalue weighted by atomic mass is 9.88. The molecule has 1 unspecified atom stereocenters. The molecule has 1 aromatic heterocycles. The quantitative estimate of drug-likeness (QED) is 0.534. The number of carbonyl (C=O) groups is 1. The van der Waals surface area contributed by atoms with E-state index in [2.05, 4.69) is 0 Å². The van der Waals surface area contributed by atoms with Crippen LogP contribution >= 0.6 is 0 Å². The Morgan fingerprint density at radius 2 is 2.00 bits per heavy atom. The maximum atomic E-state index is 13.3. The van der Waals surface area contributed by atoms with E-state index in [-0.39, 0.29) is 30.1 Å². The molecule has 3 rings (SSSR count). The van der Waals surface area contributed by atoms with Crippen LogP contribution in [0.3, 0.4) is 0 Å². The predicted octanol–water partition coefficient (Wildman–Crippen LogP) is 2.32. The van der Waals surface area contributed by atoms with Gasteiger partial charge < -0.3 is 28.6 Å². The second-order valence-electron chi connectivity index (χ2n) is 6.83. The summed E-state index contributed by atoms with van der Waals surface area (Å²) in [6.07, 6.45) is 0.549. The Morgan fingerprint density at radius 1 is 1.24 bits per heavy atom. The molecule has 0 saturated carbocycles. The molecule has 0 aliphatic carbocycles. The van der Waals surface area contributed by atoms with Gasteiger partial charge in [-0.15, -0.1) is 0 Å². The van der Waals surface area contributed by atoms with Crippen LogP contribution in [0.25, 0.3) is 0 Å². The molecule has 29 heavy (non-hydrogen) atoms. The topological polar surface area (TPSA) is 96.2 Å². The van der Waals surface area contributed by atoms with E-state index in [1.165, 1.54) is 7.11 Å². The first-order chi connectivity index (χ1) is 14.0. The third-order valence-corrected chi connectivity index (χ3v) is 5.00. The van der Waals surface area contributed by atoms with Crippen LogP contribution < -0.4 is 15.0 Å². The monoisotopic (exact) mass is 403 g/mol. The molecule has 0 radical (unpaired) electrons. The van der Waals surface area contributed by atoms with Crippen molar-refractivity contribution < 1.29 is 28.8 Å². The molecule has 0 bridgehead atoms. The van der Waals surface area contributed by atoms with E-state index in [9.17, 15) is 14.7 Å². The molecular formula is C21H25NO7. The molecule has 0 spiro atoms. The fraction of sp³-hybridized carbons (Fsp3) is 0.429. The number of pyridine rings is 1. The Morgan fingerprint density at radius 3 is 2.72 bits per heavy atom. The first-order valence-corrected chi connectivity index (χ1v) is 9.34. The Bertz CT molecular complexity index is 951. The summed E-state index contributed by atoms with van der Waals surface area (Å²) in [6.45, 7) is 2.82. The van der Waals surface area contributed by atoms with Crippen molar-refractivity contribution in [3.05, 3.63) is 51.4 Å². The molecule has 156 valence electrons. The minimum atomic E-state index is -0.696. The van der Waals surface area contributed by atoms with Crippen LogP contribution in [0.5, 0.6) is 17.2 Å². The molecule has 2 heterocycles. The van der Waals surface area contributed by atoms with E-state index >= 15 is 0 Å². The number of aromatic nitrogens is 1. The maximum absolute atomic E-state index is 13.3. The Balaban J connectivity index is 2.09. The number of carbonyl (C=O) groups excluding carboxylic acids is 1. The zero-order chi connectivity index (χ0) is 21.0. The molecule has 2 aromatic rings. The number of aromatic hydroxyl groups is 1. The molecule has 8 nitrogen and oxygen atoms in total. The highest BCUT2D eigenvalue weighted by Gasteiger charge is 2.28. The molecule has 1 aliphatic rings. The average Bonchev–Trinajstić information content (AvgIpc) is 3.17. The van der Waals surface area contributed by atoms with Crippen molar-refractivity contribution in [1.82, 2.24) is 4.57 Å². The van der Waals surface area contributed by atoms with Gasteiger partial charge in [0.1, 0.15) is 5.75 Å². The predicted molar refractivity (Wildman–Crippen MR) is 105 cm³/mol. The van der Waals surface area contributed by atoms with Crippen molar-refractivity contribution in [2.45, 2.75) is 32.2 Å². The van der Waals surface area contributed by atoms with Gasteiger partial charge >= 0.3 is 5.97 Å². The highest BCUT2D eigenvalue weighted by Crippen LogP contribution is 2.39. The van der Waals surface area contributed by atoms with Crippen LogP contribution in [-0.2, 0) is 20.8 Å². The third-order valence-electron chi connectivity index (χ3n) is 5.00. The molecule has 1 aromatic carbocycles. The lowest BCUT2D eigenvalue weighted by molar-refractivity contribution is -0.140. The van der Waals surface area contributed by atoms with Gasteiger partial charge in [-0.2, -0.15) is 0 Å². The van der Waals surface area contributed by atoms with Gasteiger partial charge in [0.05, 0.1) is 19.1 Å². The van der Waals surface area contributed by atoms with Gasteiger partial charge in [0, 0.05) is 31.9 Å². The number of fused-ring (bicyclic) bond motifs is 1. The smallest absolute Gasteiger partial charge is 0.306 e. The minimum Gasteiger partial charge on any atom is -0.507 e.